The molecule has 0 aliphatic rings. The number of rotatable bonds is 7. The van der Waals surface area contributed by atoms with Crippen LogP contribution in [0, 0.1) is 11.6 Å². The van der Waals surface area contributed by atoms with Gasteiger partial charge in [0.1, 0.15) is 5.56 Å². The summed E-state index contributed by atoms with van der Waals surface area (Å²) in [6.07, 6.45) is 1.08. The molecule has 168 valence electrons. The van der Waals surface area contributed by atoms with Crippen LogP contribution in [0.4, 0.5) is 8.78 Å². The Morgan fingerprint density at radius 3 is 2.31 bits per heavy atom. The fourth-order valence-electron chi connectivity index (χ4n) is 3.44. The Morgan fingerprint density at radius 1 is 1.06 bits per heavy atom. The Bertz CT molecular complexity index is 1220. The van der Waals surface area contributed by atoms with Gasteiger partial charge in [-0.25, -0.2) is 14.0 Å². The molecule has 2 aromatic carbocycles. The normalized spacial score (nSPS) is 11.8. The SMILES string of the molecule is CCOC(=O)c1cn([C@H](C(=O)OCC)c2ccccc2)c2c(OC)c(F)c(F)cc2c1=O. The number of benzene rings is 2. The van der Waals surface area contributed by atoms with E-state index in [9.17, 15) is 23.2 Å². The lowest BCUT2D eigenvalue weighted by Gasteiger charge is -2.23. The van der Waals surface area contributed by atoms with Gasteiger partial charge in [-0.15, -0.1) is 0 Å². The number of fused-ring (bicyclic) bond motifs is 1. The number of pyridine rings is 1. The Labute approximate surface area is 182 Å². The van der Waals surface area contributed by atoms with Crippen LogP contribution >= 0.6 is 0 Å². The molecule has 1 aromatic heterocycles. The smallest absolute Gasteiger partial charge is 0.343 e. The van der Waals surface area contributed by atoms with Crippen LogP contribution in [0.15, 0.2) is 47.4 Å². The van der Waals surface area contributed by atoms with Crippen LogP contribution in [0.25, 0.3) is 10.9 Å². The third-order valence-electron chi connectivity index (χ3n) is 4.77. The number of ether oxygens (including phenoxy) is 3. The van der Waals surface area contributed by atoms with Crippen LogP contribution in [0.1, 0.15) is 35.8 Å². The van der Waals surface area contributed by atoms with E-state index in [2.05, 4.69) is 0 Å². The molecule has 0 fully saturated rings. The Morgan fingerprint density at radius 2 is 1.72 bits per heavy atom. The zero-order valence-electron chi connectivity index (χ0n) is 17.7. The second-order valence-corrected chi connectivity index (χ2v) is 6.67. The van der Waals surface area contributed by atoms with E-state index >= 15 is 0 Å². The predicted octanol–water partition coefficient (Wildman–Crippen LogP) is 3.62. The second kappa shape index (κ2) is 9.59. The molecule has 0 saturated heterocycles. The van der Waals surface area contributed by atoms with E-state index in [1.807, 2.05) is 0 Å². The van der Waals surface area contributed by atoms with Gasteiger partial charge in [-0.1, -0.05) is 30.3 Å². The summed E-state index contributed by atoms with van der Waals surface area (Å²) in [6.45, 7) is 3.20. The molecule has 1 heterocycles. The number of carbonyl (C=O) groups is 2. The first-order valence-corrected chi connectivity index (χ1v) is 9.85. The van der Waals surface area contributed by atoms with Crippen LogP contribution in [0.5, 0.6) is 5.75 Å². The minimum Gasteiger partial charge on any atom is -0.491 e. The first kappa shape index (κ1) is 22.9. The lowest BCUT2D eigenvalue weighted by atomic mass is 10.0. The van der Waals surface area contributed by atoms with E-state index in [0.29, 0.717) is 11.6 Å². The van der Waals surface area contributed by atoms with Crippen LogP contribution in [-0.4, -0.2) is 36.8 Å². The van der Waals surface area contributed by atoms with Gasteiger partial charge in [0.2, 0.25) is 11.2 Å². The number of halogens is 2. The topological polar surface area (TPSA) is 83.8 Å². The van der Waals surface area contributed by atoms with Gasteiger partial charge in [0.05, 0.1) is 31.2 Å². The highest BCUT2D eigenvalue weighted by atomic mass is 19.2. The average molecular weight is 445 g/mol. The molecule has 0 N–H and O–H groups in total. The van der Waals surface area contributed by atoms with Crippen LogP contribution in [-0.2, 0) is 14.3 Å². The number of aromatic nitrogens is 1. The van der Waals surface area contributed by atoms with Gasteiger partial charge < -0.3 is 18.8 Å². The van der Waals surface area contributed by atoms with Crippen molar-refractivity contribution in [3.8, 4) is 5.75 Å². The molecule has 0 saturated carbocycles. The van der Waals surface area contributed by atoms with Gasteiger partial charge in [0.25, 0.3) is 0 Å². The summed E-state index contributed by atoms with van der Waals surface area (Å²) in [5, 5.41) is -0.350. The molecular formula is C23H21F2NO6. The van der Waals surface area contributed by atoms with Crippen molar-refractivity contribution in [2.75, 3.05) is 20.3 Å². The molecular weight excluding hydrogens is 424 g/mol. The quantitative estimate of drug-likeness (QED) is 0.517. The first-order chi connectivity index (χ1) is 15.3. The maximum Gasteiger partial charge on any atom is 0.343 e. The van der Waals surface area contributed by atoms with E-state index in [4.69, 9.17) is 14.2 Å². The van der Waals surface area contributed by atoms with Gasteiger partial charge >= 0.3 is 11.9 Å². The minimum absolute atomic E-state index is 0.0165. The number of hydrogen-bond donors (Lipinski definition) is 0. The van der Waals surface area contributed by atoms with Crippen molar-refractivity contribution in [3.05, 3.63) is 75.6 Å². The molecule has 3 aromatic rings. The highest BCUT2D eigenvalue weighted by molar-refractivity contribution is 5.96. The second-order valence-electron chi connectivity index (χ2n) is 6.67. The number of hydrogen-bond acceptors (Lipinski definition) is 6. The molecule has 7 nitrogen and oxygen atoms in total. The zero-order valence-corrected chi connectivity index (χ0v) is 17.7. The molecule has 0 unspecified atom stereocenters. The Hall–Kier alpha value is -3.75. The molecule has 0 radical (unpaired) electrons. The van der Waals surface area contributed by atoms with Crippen molar-refractivity contribution in [2.24, 2.45) is 0 Å². The van der Waals surface area contributed by atoms with Crippen molar-refractivity contribution in [3.63, 3.8) is 0 Å². The van der Waals surface area contributed by atoms with E-state index in [1.165, 1.54) is 4.57 Å². The van der Waals surface area contributed by atoms with Gasteiger partial charge in [-0.05, 0) is 25.5 Å². The average Bonchev–Trinajstić information content (AvgIpc) is 2.78. The monoisotopic (exact) mass is 445 g/mol. The molecule has 3 rings (SSSR count). The predicted molar refractivity (Wildman–Crippen MR) is 112 cm³/mol. The third kappa shape index (κ3) is 4.05. The van der Waals surface area contributed by atoms with Crippen molar-refractivity contribution in [1.82, 2.24) is 4.57 Å². The number of methoxy groups -OCH3 is 1. The Kier molecular flexibility index (Phi) is 6.87. The van der Waals surface area contributed by atoms with E-state index in [0.717, 1.165) is 13.3 Å². The molecule has 0 aliphatic carbocycles. The van der Waals surface area contributed by atoms with Crippen LogP contribution in [0.2, 0.25) is 0 Å². The lowest BCUT2D eigenvalue weighted by molar-refractivity contribution is -0.145. The standard InChI is InChI=1S/C23H21F2NO6/c1-4-31-22(28)15-12-26(18(23(29)32-5-2)13-9-7-6-8-10-13)19-14(20(15)27)11-16(24)17(25)21(19)30-3/h6-12,18H,4-5H2,1-3H3/t18-/m0/s1. The highest BCUT2D eigenvalue weighted by Gasteiger charge is 2.30. The van der Waals surface area contributed by atoms with Crippen molar-refractivity contribution < 1.29 is 32.6 Å². The maximum atomic E-state index is 14.6. The van der Waals surface area contributed by atoms with Crippen molar-refractivity contribution in [1.29, 1.82) is 0 Å². The first-order valence-electron chi connectivity index (χ1n) is 9.85. The maximum absolute atomic E-state index is 14.6. The largest absolute Gasteiger partial charge is 0.491 e. The van der Waals surface area contributed by atoms with E-state index in [1.54, 1.807) is 44.2 Å². The molecule has 9 heteroatoms. The molecule has 32 heavy (non-hydrogen) atoms. The number of nitrogens with zero attached hydrogens (tertiary/aromatic N) is 1. The summed E-state index contributed by atoms with van der Waals surface area (Å²) in [6, 6.07) is 7.78. The third-order valence-corrected chi connectivity index (χ3v) is 4.77. The zero-order chi connectivity index (χ0) is 23.4. The van der Waals surface area contributed by atoms with Gasteiger partial charge in [0, 0.05) is 6.20 Å². The molecule has 0 aliphatic heterocycles. The molecule has 0 amide bonds. The van der Waals surface area contributed by atoms with Crippen molar-refractivity contribution >= 4 is 22.8 Å². The molecule has 0 bridgehead atoms. The Balaban J connectivity index is 2.50. The van der Waals surface area contributed by atoms with E-state index < -0.39 is 46.4 Å². The van der Waals surface area contributed by atoms with Crippen LogP contribution in [0.3, 0.4) is 0 Å². The molecule has 1 atom stereocenters. The summed E-state index contributed by atoms with van der Waals surface area (Å²) < 4.78 is 45.3. The molecule has 0 spiro atoms. The van der Waals surface area contributed by atoms with Gasteiger partial charge in [0.15, 0.2) is 17.6 Å². The number of esters is 2. The van der Waals surface area contributed by atoms with Crippen molar-refractivity contribution in [2.45, 2.75) is 19.9 Å². The summed E-state index contributed by atoms with van der Waals surface area (Å²) in [7, 11) is 1.10. The summed E-state index contributed by atoms with van der Waals surface area (Å²) in [4.78, 5) is 38.5. The summed E-state index contributed by atoms with van der Waals surface area (Å²) in [5.41, 5.74) is -1.11. The summed E-state index contributed by atoms with van der Waals surface area (Å²) >= 11 is 0. The number of carbonyl (C=O) groups excluding carboxylic acids is 2. The summed E-state index contributed by atoms with van der Waals surface area (Å²) in [5.74, 6) is -4.96. The fraction of sp³-hybridized carbons (Fsp3) is 0.261. The lowest BCUT2D eigenvalue weighted by Crippen LogP contribution is -2.28. The van der Waals surface area contributed by atoms with E-state index in [-0.39, 0.29) is 24.1 Å². The highest BCUT2D eigenvalue weighted by Crippen LogP contribution is 2.34. The van der Waals surface area contributed by atoms with Gasteiger partial charge in [-0.3, -0.25) is 4.79 Å². The van der Waals surface area contributed by atoms with Crippen LogP contribution < -0.4 is 10.2 Å². The minimum atomic E-state index is -1.34. The fourth-order valence-corrected chi connectivity index (χ4v) is 3.44. The van der Waals surface area contributed by atoms with Gasteiger partial charge in [-0.2, -0.15) is 4.39 Å².